The van der Waals surface area contributed by atoms with Crippen molar-refractivity contribution in [2.75, 3.05) is 43.1 Å². The van der Waals surface area contributed by atoms with Crippen molar-refractivity contribution in [3.63, 3.8) is 0 Å². The van der Waals surface area contributed by atoms with Crippen LogP contribution in [0.3, 0.4) is 0 Å². The van der Waals surface area contributed by atoms with Gasteiger partial charge in [0.1, 0.15) is 17.3 Å². The van der Waals surface area contributed by atoms with E-state index in [-0.39, 0.29) is 5.91 Å². The smallest absolute Gasteiger partial charge is 0.270 e. The SMILES string of the molecule is CCCCNC(=O)c1cc(Nc2ccccc2N2CCOCC2)nc(C)n1. The number of nitrogens with zero attached hydrogens (tertiary/aromatic N) is 3. The van der Waals surface area contributed by atoms with E-state index in [0.717, 1.165) is 50.5 Å². The lowest BCUT2D eigenvalue weighted by Gasteiger charge is -2.30. The van der Waals surface area contributed by atoms with Crippen LogP contribution >= 0.6 is 0 Å². The first kappa shape index (κ1) is 19.1. The lowest BCUT2D eigenvalue weighted by atomic mass is 10.2. The zero-order chi connectivity index (χ0) is 19.1. The van der Waals surface area contributed by atoms with Gasteiger partial charge in [-0.05, 0) is 25.5 Å². The van der Waals surface area contributed by atoms with Crippen LogP contribution in [0.15, 0.2) is 30.3 Å². The molecule has 1 amide bonds. The summed E-state index contributed by atoms with van der Waals surface area (Å²) in [6.07, 6.45) is 1.99. The zero-order valence-corrected chi connectivity index (χ0v) is 16.0. The molecule has 0 aliphatic carbocycles. The molecule has 1 fully saturated rings. The number of aromatic nitrogens is 2. The number of carbonyl (C=O) groups is 1. The van der Waals surface area contributed by atoms with E-state index in [1.54, 1.807) is 13.0 Å². The number of unbranched alkanes of at least 4 members (excludes halogenated alkanes) is 1. The summed E-state index contributed by atoms with van der Waals surface area (Å²) in [6.45, 7) is 7.70. The number of anilines is 3. The van der Waals surface area contributed by atoms with Gasteiger partial charge in [-0.3, -0.25) is 4.79 Å². The highest BCUT2D eigenvalue weighted by Crippen LogP contribution is 2.28. The molecule has 1 aliphatic heterocycles. The quantitative estimate of drug-likeness (QED) is 0.731. The monoisotopic (exact) mass is 369 g/mol. The largest absolute Gasteiger partial charge is 0.378 e. The Balaban J connectivity index is 1.79. The number of benzene rings is 1. The number of hydrogen-bond donors (Lipinski definition) is 2. The number of nitrogens with one attached hydrogen (secondary N) is 2. The lowest BCUT2D eigenvalue weighted by Crippen LogP contribution is -2.36. The molecule has 0 unspecified atom stereocenters. The maximum absolute atomic E-state index is 12.3. The van der Waals surface area contributed by atoms with Crippen LogP contribution in [0, 0.1) is 6.92 Å². The summed E-state index contributed by atoms with van der Waals surface area (Å²) < 4.78 is 5.45. The van der Waals surface area contributed by atoms with Crippen LogP contribution in [-0.2, 0) is 4.74 Å². The van der Waals surface area contributed by atoms with Crippen molar-refractivity contribution < 1.29 is 9.53 Å². The first-order valence-corrected chi connectivity index (χ1v) is 9.50. The summed E-state index contributed by atoms with van der Waals surface area (Å²) in [5, 5.41) is 6.26. The van der Waals surface area contributed by atoms with Gasteiger partial charge in [0.25, 0.3) is 5.91 Å². The predicted molar refractivity (Wildman–Crippen MR) is 107 cm³/mol. The van der Waals surface area contributed by atoms with Crippen molar-refractivity contribution in [1.82, 2.24) is 15.3 Å². The summed E-state index contributed by atoms with van der Waals surface area (Å²) >= 11 is 0. The van der Waals surface area contributed by atoms with Crippen molar-refractivity contribution in [2.24, 2.45) is 0 Å². The standard InChI is InChI=1S/C20H27N5O2/c1-3-4-9-21-20(26)17-14-19(23-15(2)22-17)24-16-7-5-6-8-18(16)25-10-12-27-13-11-25/h5-8,14H,3-4,9-13H2,1-2H3,(H,21,26)(H,22,23,24). The summed E-state index contributed by atoms with van der Waals surface area (Å²) in [4.78, 5) is 23.4. The fourth-order valence-corrected chi connectivity index (χ4v) is 3.01. The minimum atomic E-state index is -0.168. The number of para-hydroxylation sites is 2. The summed E-state index contributed by atoms with van der Waals surface area (Å²) in [7, 11) is 0. The van der Waals surface area contributed by atoms with E-state index >= 15 is 0 Å². The third-order valence-corrected chi connectivity index (χ3v) is 4.41. The number of carbonyl (C=O) groups excluding carboxylic acids is 1. The molecule has 2 N–H and O–H groups in total. The highest BCUT2D eigenvalue weighted by atomic mass is 16.5. The Hall–Kier alpha value is -2.67. The first-order chi connectivity index (χ1) is 13.2. The van der Waals surface area contributed by atoms with Crippen LogP contribution in [0.1, 0.15) is 36.1 Å². The Labute approximate surface area is 160 Å². The summed E-state index contributed by atoms with van der Waals surface area (Å²) in [6, 6.07) is 9.81. The van der Waals surface area contributed by atoms with Gasteiger partial charge in [0.2, 0.25) is 0 Å². The van der Waals surface area contributed by atoms with Crippen molar-refractivity contribution in [3.8, 4) is 0 Å². The molecule has 7 heteroatoms. The van der Waals surface area contributed by atoms with Crippen LogP contribution in [0.5, 0.6) is 0 Å². The van der Waals surface area contributed by atoms with Gasteiger partial charge in [0.15, 0.2) is 0 Å². The molecular formula is C20H27N5O2. The van der Waals surface area contributed by atoms with Crippen LogP contribution in [-0.4, -0.2) is 48.7 Å². The molecular weight excluding hydrogens is 342 g/mol. The van der Waals surface area contributed by atoms with E-state index in [1.807, 2.05) is 18.2 Å². The number of morpholine rings is 1. The number of ether oxygens (including phenoxy) is 1. The molecule has 7 nitrogen and oxygen atoms in total. The van der Waals surface area contributed by atoms with E-state index < -0.39 is 0 Å². The van der Waals surface area contributed by atoms with Gasteiger partial charge in [-0.25, -0.2) is 9.97 Å². The molecule has 0 saturated carbocycles. The second-order valence-electron chi connectivity index (χ2n) is 6.54. The number of aryl methyl sites for hydroxylation is 1. The van der Waals surface area contributed by atoms with Gasteiger partial charge in [0, 0.05) is 25.7 Å². The third-order valence-electron chi connectivity index (χ3n) is 4.41. The molecule has 1 saturated heterocycles. The maximum Gasteiger partial charge on any atom is 0.270 e. The maximum atomic E-state index is 12.3. The molecule has 1 aromatic carbocycles. The number of amides is 1. The predicted octanol–water partition coefficient (Wildman–Crippen LogP) is 2.90. The van der Waals surface area contributed by atoms with Gasteiger partial charge >= 0.3 is 0 Å². The fourth-order valence-electron chi connectivity index (χ4n) is 3.01. The van der Waals surface area contributed by atoms with Crippen molar-refractivity contribution in [1.29, 1.82) is 0 Å². The molecule has 144 valence electrons. The van der Waals surface area contributed by atoms with E-state index in [2.05, 4.69) is 38.5 Å². The summed E-state index contributed by atoms with van der Waals surface area (Å²) in [5.74, 6) is 1.01. The Kier molecular flexibility index (Phi) is 6.59. The van der Waals surface area contributed by atoms with Crippen molar-refractivity contribution in [2.45, 2.75) is 26.7 Å². The molecule has 0 radical (unpaired) electrons. The number of rotatable bonds is 7. The van der Waals surface area contributed by atoms with Crippen molar-refractivity contribution >= 4 is 23.1 Å². The highest BCUT2D eigenvalue weighted by molar-refractivity contribution is 5.93. The molecule has 3 rings (SSSR count). The Morgan fingerprint density at radius 1 is 1.22 bits per heavy atom. The van der Waals surface area contributed by atoms with E-state index in [4.69, 9.17) is 4.74 Å². The molecule has 1 aliphatic rings. The van der Waals surface area contributed by atoms with Crippen LogP contribution in [0.4, 0.5) is 17.2 Å². The third kappa shape index (κ3) is 5.17. The number of hydrogen-bond acceptors (Lipinski definition) is 6. The minimum Gasteiger partial charge on any atom is -0.378 e. The Morgan fingerprint density at radius 2 is 2.00 bits per heavy atom. The minimum absolute atomic E-state index is 0.168. The second-order valence-corrected chi connectivity index (χ2v) is 6.54. The Bertz CT molecular complexity index is 775. The fraction of sp³-hybridized carbons (Fsp3) is 0.450. The average molecular weight is 369 g/mol. The Morgan fingerprint density at radius 3 is 2.78 bits per heavy atom. The topological polar surface area (TPSA) is 79.4 Å². The lowest BCUT2D eigenvalue weighted by molar-refractivity contribution is 0.0948. The van der Waals surface area contributed by atoms with Crippen LogP contribution in [0.2, 0.25) is 0 Å². The molecule has 2 heterocycles. The van der Waals surface area contributed by atoms with Gasteiger partial charge in [-0.15, -0.1) is 0 Å². The van der Waals surface area contributed by atoms with E-state index in [9.17, 15) is 4.79 Å². The summed E-state index contributed by atoms with van der Waals surface area (Å²) in [5.41, 5.74) is 2.44. The molecule has 2 aromatic rings. The molecule has 0 spiro atoms. The van der Waals surface area contributed by atoms with Crippen molar-refractivity contribution in [3.05, 3.63) is 41.9 Å². The molecule has 1 aromatic heterocycles. The van der Waals surface area contributed by atoms with E-state index in [0.29, 0.717) is 23.9 Å². The van der Waals surface area contributed by atoms with Gasteiger partial charge in [0.05, 0.1) is 24.6 Å². The molecule has 0 atom stereocenters. The average Bonchev–Trinajstić information content (AvgIpc) is 2.69. The first-order valence-electron chi connectivity index (χ1n) is 9.50. The second kappa shape index (κ2) is 9.32. The van der Waals surface area contributed by atoms with Gasteiger partial charge in [-0.1, -0.05) is 25.5 Å². The van der Waals surface area contributed by atoms with Gasteiger partial charge < -0.3 is 20.3 Å². The molecule has 27 heavy (non-hydrogen) atoms. The highest BCUT2D eigenvalue weighted by Gasteiger charge is 2.16. The van der Waals surface area contributed by atoms with Crippen LogP contribution in [0.25, 0.3) is 0 Å². The van der Waals surface area contributed by atoms with E-state index in [1.165, 1.54) is 0 Å². The normalized spacial score (nSPS) is 14.1. The van der Waals surface area contributed by atoms with Gasteiger partial charge in [-0.2, -0.15) is 0 Å². The molecule has 0 bridgehead atoms. The van der Waals surface area contributed by atoms with Crippen LogP contribution < -0.4 is 15.5 Å². The zero-order valence-electron chi connectivity index (χ0n) is 16.0.